The molecule has 2 fully saturated rings. The van der Waals surface area contributed by atoms with Crippen molar-refractivity contribution in [2.24, 2.45) is 0 Å². The van der Waals surface area contributed by atoms with Crippen molar-refractivity contribution >= 4 is 17.0 Å². The summed E-state index contributed by atoms with van der Waals surface area (Å²) < 4.78 is 40.0. The molecule has 38 heavy (non-hydrogen) atoms. The zero-order valence-electron chi connectivity index (χ0n) is 22.1. The van der Waals surface area contributed by atoms with Gasteiger partial charge in [0.2, 0.25) is 5.95 Å². The number of alkyl halides is 3. The Morgan fingerprint density at radius 3 is 2.39 bits per heavy atom. The van der Waals surface area contributed by atoms with Gasteiger partial charge in [0, 0.05) is 68.2 Å². The lowest BCUT2D eigenvalue weighted by molar-refractivity contribution is -0.131. The third-order valence-corrected chi connectivity index (χ3v) is 8.11. The van der Waals surface area contributed by atoms with Crippen LogP contribution in [0.15, 0.2) is 36.7 Å². The van der Waals surface area contributed by atoms with E-state index in [2.05, 4.69) is 74.1 Å². The molecule has 7 nitrogen and oxygen atoms in total. The standard InChI is InChI=1S/C28H37F3N6O/c1-19(36-15-13-35(2)14-16-36)20-3-5-21(6-4-20)25-18-37(22-7-9-23(38)10-8-22)26-24(25)17-33-27(34-26)32-12-11-28(29,30)31/h3-6,17-19,22-23,38H,7-16H2,1-2H3,(H,32,33,34)/t19-,22-,23-/m1/s1. The smallest absolute Gasteiger partial charge is 0.390 e. The van der Waals surface area contributed by atoms with Gasteiger partial charge in [0.15, 0.2) is 0 Å². The molecule has 0 spiro atoms. The number of anilines is 1. The van der Waals surface area contributed by atoms with E-state index in [1.807, 2.05) is 0 Å². The monoisotopic (exact) mass is 530 g/mol. The maximum Gasteiger partial charge on any atom is 0.390 e. The van der Waals surface area contributed by atoms with Crippen molar-refractivity contribution in [3.05, 3.63) is 42.2 Å². The molecule has 5 rings (SSSR count). The lowest BCUT2D eigenvalue weighted by atomic mass is 9.93. The van der Waals surface area contributed by atoms with Crippen LogP contribution < -0.4 is 5.32 Å². The van der Waals surface area contributed by atoms with E-state index in [0.29, 0.717) is 11.7 Å². The summed E-state index contributed by atoms with van der Waals surface area (Å²) in [6.45, 7) is 6.25. The Kier molecular flexibility index (Phi) is 7.93. The SMILES string of the molecule is C[C@H](c1ccc(-c2cn([C@H]3CC[C@H](O)CC3)c3nc(NCCC(F)(F)F)ncc23)cc1)N1CCN(C)CC1. The van der Waals surface area contributed by atoms with Gasteiger partial charge in [-0.1, -0.05) is 24.3 Å². The molecule has 206 valence electrons. The number of halogens is 3. The average Bonchev–Trinajstić information content (AvgIpc) is 3.27. The van der Waals surface area contributed by atoms with Crippen LogP contribution in [-0.2, 0) is 0 Å². The molecule has 2 N–H and O–H groups in total. The third kappa shape index (κ3) is 6.13. The summed E-state index contributed by atoms with van der Waals surface area (Å²) in [7, 11) is 2.16. The van der Waals surface area contributed by atoms with Gasteiger partial charge >= 0.3 is 6.18 Å². The predicted octanol–water partition coefficient (Wildman–Crippen LogP) is 5.25. The lowest BCUT2D eigenvalue weighted by Crippen LogP contribution is -2.45. The van der Waals surface area contributed by atoms with Gasteiger partial charge in [-0.25, -0.2) is 4.98 Å². The van der Waals surface area contributed by atoms with Gasteiger partial charge in [-0.05, 0) is 50.8 Å². The fourth-order valence-electron chi connectivity index (χ4n) is 5.64. The molecular weight excluding hydrogens is 493 g/mol. The van der Waals surface area contributed by atoms with Gasteiger partial charge in [0.05, 0.1) is 12.5 Å². The second kappa shape index (κ2) is 11.2. The number of fused-ring (bicyclic) bond motifs is 1. The highest BCUT2D eigenvalue weighted by Crippen LogP contribution is 2.37. The second-order valence-corrected chi connectivity index (χ2v) is 10.8. The Morgan fingerprint density at radius 1 is 1.05 bits per heavy atom. The van der Waals surface area contributed by atoms with Crippen molar-refractivity contribution in [1.82, 2.24) is 24.3 Å². The first-order valence-corrected chi connectivity index (χ1v) is 13.6. The summed E-state index contributed by atoms with van der Waals surface area (Å²) in [5.41, 5.74) is 4.04. The van der Waals surface area contributed by atoms with E-state index in [1.165, 1.54) is 5.56 Å². The molecule has 1 saturated heterocycles. The Labute approximate surface area is 221 Å². The summed E-state index contributed by atoms with van der Waals surface area (Å²) in [5, 5.41) is 13.6. The molecule has 2 aromatic heterocycles. The minimum absolute atomic E-state index is 0.170. The Morgan fingerprint density at radius 2 is 1.74 bits per heavy atom. The molecule has 0 bridgehead atoms. The van der Waals surface area contributed by atoms with Gasteiger partial charge < -0.3 is 19.9 Å². The van der Waals surface area contributed by atoms with Crippen LogP contribution in [0.2, 0.25) is 0 Å². The summed E-state index contributed by atoms with van der Waals surface area (Å²) >= 11 is 0. The molecule has 1 saturated carbocycles. The minimum atomic E-state index is -4.23. The highest BCUT2D eigenvalue weighted by molar-refractivity contribution is 5.94. The molecule has 0 unspecified atom stereocenters. The lowest BCUT2D eigenvalue weighted by Gasteiger charge is -2.36. The summed E-state index contributed by atoms with van der Waals surface area (Å²) in [4.78, 5) is 13.9. The molecule has 0 amide bonds. The highest BCUT2D eigenvalue weighted by Gasteiger charge is 2.27. The van der Waals surface area contributed by atoms with Crippen molar-refractivity contribution in [2.75, 3.05) is 45.1 Å². The fraction of sp³-hybridized carbons (Fsp3) is 0.571. The van der Waals surface area contributed by atoms with Crippen molar-refractivity contribution in [3.63, 3.8) is 0 Å². The summed E-state index contributed by atoms with van der Waals surface area (Å²) in [5.74, 6) is 0.194. The molecular formula is C28H37F3N6O. The molecule has 1 aromatic carbocycles. The second-order valence-electron chi connectivity index (χ2n) is 10.8. The van der Waals surface area contributed by atoms with Crippen LogP contribution in [0, 0.1) is 0 Å². The van der Waals surface area contributed by atoms with E-state index in [0.717, 1.165) is 68.4 Å². The number of hydrogen-bond donors (Lipinski definition) is 2. The number of aliphatic hydroxyl groups is 1. The number of aliphatic hydroxyl groups excluding tert-OH is 1. The first kappa shape index (κ1) is 26.9. The van der Waals surface area contributed by atoms with E-state index in [1.54, 1.807) is 6.20 Å². The van der Waals surface area contributed by atoms with E-state index in [4.69, 9.17) is 0 Å². The maximum atomic E-state index is 12.6. The van der Waals surface area contributed by atoms with Crippen molar-refractivity contribution in [1.29, 1.82) is 0 Å². The number of hydrogen-bond acceptors (Lipinski definition) is 6. The normalized spacial score (nSPS) is 22.6. The first-order valence-electron chi connectivity index (χ1n) is 13.6. The van der Waals surface area contributed by atoms with Crippen LogP contribution in [0.25, 0.3) is 22.2 Å². The minimum Gasteiger partial charge on any atom is -0.393 e. The molecule has 1 aliphatic heterocycles. The summed E-state index contributed by atoms with van der Waals surface area (Å²) in [6.07, 6.45) is 1.45. The van der Waals surface area contributed by atoms with E-state index >= 15 is 0 Å². The van der Waals surface area contributed by atoms with Gasteiger partial charge in [-0.2, -0.15) is 18.2 Å². The average molecular weight is 531 g/mol. The molecule has 2 aliphatic rings. The zero-order valence-corrected chi connectivity index (χ0v) is 22.1. The van der Waals surface area contributed by atoms with Crippen LogP contribution in [0.4, 0.5) is 19.1 Å². The number of nitrogens with zero attached hydrogens (tertiary/aromatic N) is 5. The number of rotatable bonds is 7. The van der Waals surface area contributed by atoms with Gasteiger partial charge in [0.25, 0.3) is 0 Å². The van der Waals surface area contributed by atoms with Gasteiger partial charge in [-0.3, -0.25) is 4.90 Å². The predicted molar refractivity (Wildman–Crippen MR) is 143 cm³/mol. The Hall–Kier alpha value is -2.69. The molecule has 1 aliphatic carbocycles. The number of benzene rings is 1. The van der Waals surface area contributed by atoms with Gasteiger partial charge in [0.1, 0.15) is 5.65 Å². The topological polar surface area (TPSA) is 69.4 Å². The maximum absolute atomic E-state index is 12.6. The third-order valence-electron chi connectivity index (χ3n) is 8.11. The van der Waals surface area contributed by atoms with Crippen LogP contribution >= 0.6 is 0 Å². The van der Waals surface area contributed by atoms with Gasteiger partial charge in [-0.15, -0.1) is 0 Å². The van der Waals surface area contributed by atoms with Crippen LogP contribution in [0.5, 0.6) is 0 Å². The molecule has 0 radical (unpaired) electrons. The fourth-order valence-corrected chi connectivity index (χ4v) is 5.64. The van der Waals surface area contributed by atoms with Crippen LogP contribution in [-0.4, -0.2) is 81.5 Å². The van der Waals surface area contributed by atoms with Crippen molar-refractivity contribution in [2.45, 2.75) is 63.4 Å². The Balaban J connectivity index is 1.42. The van der Waals surface area contributed by atoms with E-state index < -0.39 is 12.6 Å². The van der Waals surface area contributed by atoms with Crippen LogP contribution in [0.3, 0.4) is 0 Å². The largest absolute Gasteiger partial charge is 0.393 e. The molecule has 3 aromatic rings. The molecule has 3 heterocycles. The number of piperazine rings is 1. The Bertz CT molecular complexity index is 1210. The molecule has 1 atom stereocenters. The van der Waals surface area contributed by atoms with Crippen molar-refractivity contribution in [3.8, 4) is 11.1 Å². The highest BCUT2D eigenvalue weighted by atomic mass is 19.4. The van der Waals surface area contributed by atoms with Crippen LogP contribution in [0.1, 0.15) is 56.7 Å². The molecule has 10 heteroatoms. The number of likely N-dealkylation sites (N-methyl/N-ethyl adjacent to an activating group) is 1. The van der Waals surface area contributed by atoms with E-state index in [9.17, 15) is 18.3 Å². The first-order chi connectivity index (χ1) is 18.2. The quantitative estimate of drug-likeness (QED) is 0.435. The zero-order chi connectivity index (χ0) is 26.9. The van der Waals surface area contributed by atoms with Crippen molar-refractivity contribution < 1.29 is 18.3 Å². The van der Waals surface area contributed by atoms with E-state index in [-0.39, 0.29) is 24.6 Å². The summed E-state index contributed by atoms with van der Waals surface area (Å²) in [6, 6.07) is 9.16. The number of nitrogens with one attached hydrogen (secondary N) is 1. The number of aromatic nitrogens is 3.